The Morgan fingerprint density at radius 3 is 2.24 bits per heavy atom. The van der Waals surface area contributed by atoms with E-state index in [0.717, 1.165) is 5.56 Å². The molecule has 1 aromatic heterocycles. The molecule has 1 heterocycles. The summed E-state index contributed by atoms with van der Waals surface area (Å²) in [6, 6.07) is 30.6. The molecule has 0 spiro atoms. The molecule has 1 atom stereocenters. The van der Waals surface area contributed by atoms with Crippen LogP contribution in [0.15, 0.2) is 114 Å². The second-order valence-corrected chi connectivity index (χ2v) is 8.66. The molecule has 184 valence electrons. The Hall–Kier alpha value is -4.78. The van der Waals surface area contributed by atoms with Gasteiger partial charge in [0.15, 0.2) is 0 Å². The predicted molar refractivity (Wildman–Crippen MR) is 143 cm³/mol. The van der Waals surface area contributed by atoms with Crippen LogP contribution in [0.2, 0.25) is 0 Å². The van der Waals surface area contributed by atoms with Crippen LogP contribution >= 0.6 is 0 Å². The second kappa shape index (κ2) is 10.5. The maximum atomic E-state index is 15.0. The second-order valence-electron chi connectivity index (χ2n) is 8.66. The van der Waals surface area contributed by atoms with E-state index in [9.17, 15) is 9.59 Å². The molecule has 0 radical (unpaired) electrons. The highest BCUT2D eigenvalue weighted by atomic mass is 19.1. The normalized spacial score (nSPS) is 11.7. The molecule has 0 aliphatic rings. The average molecular weight is 493 g/mol. The number of nitrogens with one attached hydrogen (secondary N) is 1. The Morgan fingerprint density at radius 1 is 0.892 bits per heavy atom. The molecule has 5 aromatic rings. The Morgan fingerprint density at radius 2 is 1.51 bits per heavy atom. The van der Waals surface area contributed by atoms with Crippen LogP contribution in [-0.2, 0) is 6.54 Å². The number of urea groups is 1. The maximum Gasteiger partial charge on any atom is 0.322 e. The van der Waals surface area contributed by atoms with Crippen molar-refractivity contribution in [3.05, 3.63) is 137 Å². The average Bonchev–Trinajstić information content (AvgIpc) is 2.93. The minimum Gasteiger partial charge on any atom is -0.310 e. The fraction of sp³-hybridized carbons (Fsp3) is 0.100. The standard InChI is InChI=1S/C30H25FN4O2/c1-21(34(20-22-12-4-2-5-13-22)30(37)32-23-14-6-3-7-15-23)28-33-26-18-10-8-16-24(26)29(36)35(28)27-19-11-9-17-25(27)31/h2-19,21H,20H2,1H3,(H,32,37). The van der Waals surface area contributed by atoms with Crippen LogP contribution in [-0.4, -0.2) is 20.5 Å². The smallest absolute Gasteiger partial charge is 0.310 e. The van der Waals surface area contributed by atoms with Gasteiger partial charge in [-0.15, -0.1) is 0 Å². The predicted octanol–water partition coefficient (Wildman–Crippen LogP) is 6.32. The molecule has 0 fully saturated rings. The fourth-order valence-electron chi connectivity index (χ4n) is 4.32. The van der Waals surface area contributed by atoms with Gasteiger partial charge in [-0.25, -0.2) is 14.2 Å². The number of hydrogen-bond acceptors (Lipinski definition) is 3. The van der Waals surface area contributed by atoms with E-state index in [-0.39, 0.29) is 24.1 Å². The summed E-state index contributed by atoms with van der Waals surface area (Å²) in [6.07, 6.45) is 0. The molecule has 0 saturated heterocycles. The van der Waals surface area contributed by atoms with Crippen molar-refractivity contribution in [1.82, 2.24) is 14.5 Å². The quantitative estimate of drug-likeness (QED) is 0.302. The van der Waals surface area contributed by atoms with Crippen molar-refractivity contribution in [1.29, 1.82) is 0 Å². The fourth-order valence-corrected chi connectivity index (χ4v) is 4.32. The van der Waals surface area contributed by atoms with Gasteiger partial charge < -0.3 is 10.2 Å². The first kappa shape index (κ1) is 23.9. The number of carbonyl (C=O) groups excluding carboxylic acids is 1. The first-order valence-electron chi connectivity index (χ1n) is 12.0. The lowest BCUT2D eigenvalue weighted by Gasteiger charge is -2.31. The molecule has 1 N–H and O–H groups in total. The minimum absolute atomic E-state index is 0.0794. The van der Waals surface area contributed by atoms with E-state index in [4.69, 9.17) is 4.98 Å². The van der Waals surface area contributed by atoms with Crippen molar-refractivity contribution in [2.24, 2.45) is 0 Å². The number of aromatic nitrogens is 2. The number of fused-ring (bicyclic) bond motifs is 1. The van der Waals surface area contributed by atoms with E-state index in [0.29, 0.717) is 16.6 Å². The number of carbonyl (C=O) groups is 1. The van der Waals surface area contributed by atoms with E-state index < -0.39 is 17.4 Å². The summed E-state index contributed by atoms with van der Waals surface area (Å²) in [7, 11) is 0. The summed E-state index contributed by atoms with van der Waals surface area (Å²) in [6.45, 7) is 2.04. The van der Waals surface area contributed by atoms with E-state index >= 15 is 4.39 Å². The summed E-state index contributed by atoms with van der Waals surface area (Å²) in [5.41, 5.74) is 1.69. The number of anilines is 1. The lowest BCUT2D eigenvalue weighted by Crippen LogP contribution is -2.39. The number of rotatable bonds is 6. The monoisotopic (exact) mass is 492 g/mol. The molecule has 7 heteroatoms. The van der Waals surface area contributed by atoms with Crippen molar-refractivity contribution in [2.45, 2.75) is 19.5 Å². The minimum atomic E-state index is -0.694. The maximum absolute atomic E-state index is 15.0. The molecule has 37 heavy (non-hydrogen) atoms. The van der Waals surface area contributed by atoms with E-state index in [1.165, 1.54) is 16.7 Å². The van der Waals surface area contributed by atoms with Crippen molar-refractivity contribution < 1.29 is 9.18 Å². The number of halogens is 1. The van der Waals surface area contributed by atoms with Gasteiger partial charge in [0.1, 0.15) is 11.6 Å². The summed E-state index contributed by atoms with van der Waals surface area (Å²) in [5.74, 6) is -0.300. The zero-order chi connectivity index (χ0) is 25.8. The van der Waals surface area contributed by atoms with Gasteiger partial charge in [0, 0.05) is 12.2 Å². The molecule has 0 aliphatic heterocycles. The highest BCUT2D eigenvalue weighted by Crippen LogP contribution is 2.26. The highest BCUT2D eigenvalue weighted by Gasteiger charge is 2.28. The number of amides is 2. The lowest BCUT2D eigenvalue weighted by atomic mass is 10.1. The third kappa shape index (κ3) is 4.97. The van der Waals surface area contributed by atoms with E-state index in [1.54, 1.807) is 60.4 Å². The zero-order valence-corrected chi connectivity index (χ0v) is 20.2. The van der Waals surface area contributed by atoms with Gasteiger partial charge in [0.25, 0.3) is 5.56 Å². The number of benzene rings is 4. The third-order valence-electron chi connectivity index (χ3n) is 6.22. The van der Waals surface area contributed by atoms with Crippen LogP contribution < -0.4 is 10.9 Å². The van der Waals surface area contributed by atoms with Crippen LogP contribution in [0.1, 0.15) is 24.4 Å². The first-order valence-corrected chi connectivity index (χ1v) is 12.0. The largest absolute Gasteiger partial charge is 0.322 e. The van der Waals surface area contributed by atoms with Crippen molar-refractivity contribution in [3.63, 3.8) is 0 Å². The number of nitrogens with zero attached hydrogens (tertiary/aromatic N) is 3. The van der Waals surface area contributed by atoms with Gasteiger partial charge >= 0.3 is 6.03 Å². The van der Waals surface area contributed by atoms with Crippen LogP contribution in [0.4, 0.5) is 14.9 Å². The van der Waals surface area contributed by atoms with Crippen LogP contribution in [0.25, 0.3) is 16.6 Å². The van der Waals surface area contributed by atoms with Gasteiger partial charge in [0.05, 0.1) is 22.6 Å². The van der Waals surface area contributed by atoms with E-state index in [2.05, 4.69) is 5.32 Å². The zero-order valence-electron chi connectivity index (χ0n) is 20.2. The molecule has 2 amide bonds. The van der Waals surface area contributed by atoms with Gasteiger partial charge in [-0.05, 0) is 48.9 Å². The van der Waals surface area contributed by atoms with Gasteiger partial charge in [0.2, 0.25) is 0 Å². The Kier molecular flexibility index (Phi) is 6.76. The van der Waals surface area contributed by atoms with Crippen LogP contribution in [0.5, 0.6) is 0 Å². The van der Waals surface area contributed by atoms with Crippen LogP contribution in [0.3, 0.4) is 0 Å². The molecular weight excluding hydrogens is 467 g/mol. The summed E-state index contributed by atoms with van der Waals surface area (Å²) in [5, 5.41) is 3.30. The Bertz CT molecular complexity index is 1600. The van der Waals surface area contributed by atoms with Crippen molar-refractivity contribution in [3.8, 4) is 5.69 Å². The van der Waals surface area contributed by atoms with Gasteiger partial charge in [-0.3, -0.25) is 9.36 Å². The van der Waals surface area contributed by atoms with Gasteiger partial charge in [-0.1, -0.05) is 72.8 Å². The Balaban J connectivity index is 1.66. The van der Waals surface area contributed by atoms with Crippen molar-refractivity contribution >= 4 is 22.6 Å². The van der Waals surface area contributed by atoms with Crippen LogP contribution in [0, 0.1) is 5.82 Å². The number of para-hydroxylation sites is 3. The van der Waals surface area contributed by atoms with Gasteiger partial charge in [-0.2, -0.15) is 0 Å². The molecule has 5 rings (SSSR count). The third-order valence-corrected chi connectivity index (χ3v) is 6.22. The Labute approximate surface area is 213 Å². The molecule has 0 aliphatic carbocycles. The molecule has 0 saturated carbocycles. The lowest BCUT2D eigenvalue weighted by molar-refractivity contribution is 0.185. The molecule has 0 bridgehead atoms. The summed E-state index contributed by atoms with van der Waals surface area (Å²) >= 11 is 0. The first-order chi connectivity index (χ1) is 18.0. The SMILES string of the molecule is CC(c1nc2ccccc2c(=O)n1-c1ccccc1F)N(Cc1ccccc1)C(=O)Nc1ccccc1. The van der Waals surface area contributed by atoms with Crippen molar-refractivity contribution in [2.75, 3.05) is 5.32 Å². The molecule has 1 unspecified atom stereocenters. The number of hydrogen-bond donors (Lipinski definition) is 1. The molecular formula is C30H25FN4O2. The summed E-state index contributed by atoms with van der Waals surface area (Å²) in [4.78, 5) is 33.7. The highest BCUT2D eigenvalue weighted by molar-refractivity contribution is 5.89. The topological polar surface area (TPSA) is 67.2 Å². The summed E-state index contributed by atoms with van der Waals surface area (Å²) < 4.78 is 16.3. The molecule has 6 nitrogen and oxygen atoms in total. The van der Waals surface area contributed by atoms with E-state index in [1.807, 2.05) is 48.5 Å². The molecule has 4 aromatic carbocycles.